The first kappa shape index (κ1) is 15.8. The summed E-state index contributed by atoms with van der Waals surface area (Å²) in [5.41, 5.74) is 6.18. The number of phenolic OH excluding ortho intramolecular Hbond substituents is 2. The van der Waals surface area contributed by atoms with Crippen LogP contribution in [-0.2, 0) is 0 Å². The van der Waals surface area contributed by atoms with Gasteiger partial charge in [-0.3, -0.25) is 9.80 Å². The van der Waals surface area contributed by atoms with E-state index >= 15 is 0 Å². The van der Waals surface area contributed by atoms with Gasteiger partial charge in [0.2, 0.25) is 5.06 Å². The monoisotopic (exact) mass is 356 g/mol. The van der Waals surface area contributed by atoms with E-state index in [1.54, 1.807) is 0 Å². The van der Waals surface area contributed by atoms with Gasteiger partial charge in [-0.15, -0.1) is 0 Å². The quantitative estimate of drug-likeness (QED) is 0.595. The van der Waals surface area contributed by atoms with Gasteiger partial charge in [0.15, 0.2) is 0 Å². The number of hydrogen-bond acceptors (Lipinski definition) is 7. The average Bonchev–Trinajstić information content (AvgIpc) is 2.86. The lowest BCUT2D eigenvalue weighted by molar-refractivity contribution is 0.0244. The van der Waals surface area contributed by atoms with E-state index in [-0.39, 0.29) is 38.6 Å². The number of rotatable bonds is 1. The maximum Gasteiger partial charge on any atom is 0.328 e. The van der Waals surface area contributed by atoms with Crippen LogP contribution in [0.1, 0.15) is 5.56 Å². The van der Waals surface area contributed by atoms with Crippen molar-refractivity contribution < 1.29 is 20.1 Å². The summed E-state index contributed by atoms with van der Waals surface area (Å²) in [4.78, 5) is 18.6. The molecule has 0 spiro atoms. The number of phenols is 2. The Morgan fingerprint density at radius 3 is 2.61 bits per heavy atom. The average molecular weight is 357 g/mol. The number of urea groups is 1. The largest absolute Gasteiger partial charge is 0.507 e. The van der Waals surface area contributed by atoms with Gasteiger partial charge in [-0.1, -0.05) is 11.6 Å². The Kier molecular flexibility index (Phi) is 3.40. The zero-order chi connectivity index (χ0) is 17.1. The van der Waals surface area contributed by atoms with Crippen molar-refractivity contribution in [2.45, 2.75) is 5.06 Å². The van der Waals surface area contributed by atoms with Gasteiger partial charge in [0.25, 0.3) is 0 Å². The summed E-state index contributed by atoms with van der Waals surface area (Å²) in [6, 6.07) is 1.90. The molecule has 0 saturated carbocycles. The molecule has 0 bridgehead atoms. The van der Waals surface area contributed by atoms with E-state index in [1.807, 2.05) is 0 Å². The lowest BCUT2D eigenvalue weighted by Crippen LogP contribution is -2.57. The van der Waals surface area contributed by atoms with E-state index in [1.165, 1.54) is 25.1 Å². The van der Waals surface area contributed by atoms with E-state index < -0.39 is 11.1 Å². The smallest absolute Gasteiger partial charge is 0.328 e. The van der Waals surface area contributed by atoms with Gasteiger partial charge in [-0.2, -0.15) is 0 Å². The van der Waals surface area contributed by atoms with Crippen LogP contribution in [0.2, 0.25) is 5.02 Å². The normalized spacial score (nSPS) is 24.2. The van der Waals surface area contributed by atoms with Crippen LogP contribution in [0.4, 0.5) is 4.79 Å². The maximum atomic E-state index is 12.1. The molecule has 8 nitrogen and oxygen atoms in total. The summed E-state index contributed by atoms with van der Waals surface area (Å²) in [5, 5.41) is 28.8. The van der Waals surface area contributed by atoms with Gasteiger partial charge in [0, 0.05) is 20.2 Å². The number of aliphatic imine (C=N–C) groups is 1. The summed E-state index contributed by atoms with van der Waals surface area (Å²) in [6.45, 7) is 0. The number of halogens is 1. The van der Waals surface area contributed by atoms with Crippen LogP contribution in [-0.4, -0.2) is 55.3 Å². The first-order valence-corrected chi connectivity index (χ1v) is 7.60. The number of benzene rings is 1. The Morgan fingerprint density at radius 1 is 1.30 bits per heavy atom. The van der Waals surface area contributed by atoms with Gasteiger partial charge in [0.1, 0.15) is 28.1 Å². The number of thioether (sulfide) groups is 1. The second-order valence-corrected chi connectivity index (χ2v) is 6.65. The standard InChI is InChI=1S/C13H13ClN4O4S/c1-17-10(15)9-13(22,18(2)12(17)21)23-11(16-9)5-3-6(14)8(20)4-7(5)19/h3-4,19-20,22H,15H2,1-2H3. The molecule has 0 fully saturated rings. The highest BCUT2D eigenvalue weighted by Crippen LogP contribution is 2.48. The van der Waals surface area contributed by atoms with E-state index in [9.17, 15) is 20.1 Å². The second kappa shape index (κ2) is 4.95. The van der Waals surface area contributed by atoms with Crippen LogP contribution >= 0.6 is 23.4 Å². The van der Waals surface area contributed by atoms with E-state index in [4.69, 9.17) is 17.3 Å². The zero-order valence-electron chi connectivity index (χ0n) is 12.1. The molecule has 1 aromatic rings. The summed E-state index contributed by atoms with van der Waals surface area (Å²) in [6.07, 6.45) is 0. The number of aliphatic hydroxyl groups is 1. The topological polar surface area (TPSA) is 123 Å². The highest BCUT2D eigenvalue weighted by atomic mass is 35.5. The Morgan fingerprint density at radius 2 is 1.96 bits per heavy atom. The van der Waals surface area contributed by atoms with Crippen molar-refractivity contribution in [3.05, 3.63) is 34.2 Å². The molecular formula is C13H13ClN4O4S. The van der Waals surface area contributed by atoms with Crippen LogP contribution in [0, 0.1) is 0 Å². The lowest BCUT2D eigenvalue weighted by atomic mass is 10.2. The molecule has 0 saturated heterocycles. The van der Waals surface area contributed by atoms with Crippen molar-refractivity contribution in [1.29, 1.82) is 0 Å². The minimum absolute atomic E-state index is 0.0162. The molecule has 10 heteroatoms. The molecule has 1 unspecified atom stereocenters. The molecule has 23 heavy (non-hydrogen) atoms. The third kappa shape index (κ3) is 2.12. The Bertz CT molecular complexity index is 796. The SMILES string of the molecule is CN1C(=O)N(C)C2(O)SC(c3cc(Cl)c(O)cc3O)=NC2=C1N. The minimum atomic E-state index is -1.78. The summed E-state index contributed by atoms with van der Waals surface area (Å²) in [5.74, 6) is -0.525. The zero-order valence-corrected chi connectivity index (χ0v) is 13.7. The number of hydrogen-bond donors (Lipinski definition) is 4. The highest BCUT2D eigenvalue weighted by molar-refractivity contribution is 8.15. The number of amides is 2. The molecule has 122 valence electrons. The maximum absolute atomic E-state index is 12.1. The van der Waals surface area contributed by atoms with Crippen LogP contribution in [0.5, 0.6) is 11.5 Å². The first-order valence-electron chi connectivity index (χ1n) is 6.40. The van der Waals surface area contributed by atoms with E-state index in [2.05, 4.69) is 4.99 Å². The Balaban J connectivity index is 2.14. The van der Waals surface area contributed by atoms with Crippen molar-refractivity contribution >= 4 is 34.4 Å². The predicted octanol–water partition coefficient (Wildman–Crippen LogP) is 1.02. The minimum Gasteiger partial charge on any atom is -0.507 e. The number of nitrogens with zero attached hydrogens (tertiary/aromatic N) is 3. The number of carbonyl (C=O) groups excluding carboxylic acids is 1. The fourth-order valence-corrected chi connectivity index (χ4v) is 3.59. The van der Waals surface area contributed by atoms with Gasteiger partial charge in [-0.25, -0.2) is 9.79 Å². The number of aromatic hydroxyl groups is 2. The molecule has 1 atom stereocenters. The molecular weight excluding hydrogens is 344 g/mol. The van der Waals surface area contributed by atoms with Crippen LogP contribution in [0.15, 0.2) is 28.6 Å². The lowest BCUT2D eigenvalue weighted by Gasteiger charge is -2.40. The third-order valence-corrected chi connectivity index (χ3v) is 5.25. The summed E-state index contributed by atoms with van der Waals surface area (Å²) < 4.78 is 0. The van der Waals surface area contributed by atoms with Gasteiger partial charge < -0.3 is 21.1 Å². The number of carbonyl (C=O) groups is 1. The molecule has 0 radical (unpaired) electrons. The molecule has 0 aromatic heterocycles. The number of nitrogens with two attached hydrogens (primary N) is 1. The van der Waals surface area contributed by atoms with Crippen LogP contribution in [0.3, 0.4) is 0 Å². The molecule has 3 rings (SSSR count). The van der Waals surface area contributed by atoms with Gasteiger partial charge in [0.05, 0.1) is 10.6 Å². The molecule has 0 aliphatic carbocycles. The number of likely N-dealkylation sites (N-methyl/N-ethyl adjacent to an activating group) is 1. The predicted molar refractivity (Wildman–Crippen MR) is 86.0 cm³/mol. The van der Waals surface area contributed by atoms with Crippen LogP contribution < -0.4 is 5.73 Å². The van der Waals surface area contributed by atoms with Crippen molar-refractivity contribution in [2.24, 2.45) is 10.7 Å². The molecule has 2 amide bonds. The van der Waals surface area contributed by atoms with Crippen LogP contribution in [0.25, 0.3) is 0 Å². The summed E-state index contributed by atoms with van der Waals surface area (Å²) >= 11 is 6.70. The summed E-state index contributed by atoms with van der Waals surface area (Å²) in [7, 11) is 2.88. The third-order valence-electron chi connectivity index (χ3n) is 3.69. The van der Waals surface area contributed by atoms with E-state index in [0.717, 1.165) is 22.7 Å². The van der Waals surface area contributed by atoms with Gasteiger partial charge in [-0.05, 0) is 17.8 Å². The van der Waals surface area contributed by atoms with Crippen molar-refractivity contribution in [1.82, 2.24) is 9.80 Å². The fraction of sp³-hybridized carbons (Fsp3) is 0.231. The molecule has 2 heterocycles. The molecule has 2 aliphatic heterocycles. The first-order chi connectivity index (χ1) is 10.7. The Hall–Kier alpha value is -2.10. The molecule has 2 aliphatic rings. The van der Waals surface area contributed by atoms with Gasteiger partial charge >= 0.3 is 6.03 Å². The molecule has 5 N–H and O–H groups in total. The number of fused-ring (bicyclic) bond motifs is 1. The van der Waals surface area contributed by atoms with Crippen molar-refractivity contribution in [3.8, 4) is 11.5 Å². The molecule has 1 aromatic carbocycles. The Labute approximate surface area is 140 Å². The van der Waals surface area contributed by atoms with Crippen molar-refractivity contribution in [3.63, 3.8) is 0 Å². The van der Waals surface area contributed by atoms with Crippen molar-refractivity contribution in [2.75, 3.05) is 14.1 Å². The van der Waals surface area contributed by atoms with E-state index in [0.29, 0.717) is 0 Å². The highest BCUT2D eigenvalue weighted by Gasteiger charge is 2.52. The fourth-order valence-electron chi connectivity index (χ4n) is 2.29. The second-order valence-electron chi connectivity index (χ2n) is 5.08.